The first kappa shape index (κ1) is 33.0. The van der Waals surface area contributed by atoms with E-state index in [1.807, 2.05) is 0 Å². The number of aliphatic hydroxyl groups is 1. The molecule has 0 aromatic heterocycles. The molecule has 0 radical (unpaired) electrons. The second-order valence-electron chi connectivity index (χ2n) is 9.29. The van der Waals surface area contributed by atoms with E-state index in [0.717, 1.165) is 47.0 Å². The molecule has 2 atom stereocenters. The van der Waals surface area contributed by atoms with Crippen molar-refractivity contribution in [1.82, 2.24) is 0 Å². The van der Waals surface area contributed by atoms with Crippen LogP contribution in [0.2, 0.25) is 0 Å². The largest absolute Gasteiger partial charge is 0.469 e. The van der Waals surface area contributed by atoms with E-state index in [1.165, 1.54) is 64.2 Å². The highest BCUT2D eigenvalue weighted by Crippen LogP contribution is 2.28. The van der Waals surface area contributed by atoms with Crippen LogP contribution in [0.1, 0.15) is 116 Å². The lowest BCUT2D eigenvalue weighted by atomic mass is 9.80. The van der Waals surface area contributed by atoms with Gasteiger partial charge in [0, 0.05) is 6.42 Å². The van der Waals surface area contributed by atoms with Crippen molar-refractivity contribution in [3.05, 3.63) is 0 Å². The van der Waals surface area contributed by atoms with E-state index in [-0.39, 0.29) is 6.42 Å². The number of unbranched alkanes of at least 4 members (excludes halogenated alkanes) is 14. The van der Waals surface area contributed by atoms with Gasteiger partial charge in [0.25, 0.3) is 0 Å². The van der Waals surface area contributed by atoms with E-state index >= 15 is 0 Å². The van der Waals surface area contributed by atoms with E-state index in [2.05, 4.69) is 21.1 Å². The number of carbonyl (C=O) groups is 4. The molecule has 0 saturated heterocycles. The van der Waals surface area contributed by atoms with Crippen LogP contribution in [0, 0.1) is 5.92 Å². The third-order valence-corrected chi connectivity index (χ3v) is 6.44. The number of Topliss-reactive ketones (excluding diaryl/α,β-unsaturated/α-hetero) is 1. The highest BCUT2D eigenvalue weighted by molar-refractivity contribution is 6.06. The maximum Gasteiger partial charge on any atom is 0.339 e. The highest BCUT2D eigenvalue weighted by Gasteiger charge is 2.54. The fourth-order valence-corrected chi connectivity index (χ4v) is 4.29. The first-order valence-corrected chi connectivity index (χ1v) is 13.3. The van der Waals surface area contributed by atoms with Crippen LogP contribution in [0.3, 0.4) is 0 Å². The van der Waals surface area contributed by atoms with Crippen molar-refractivity contribution < 1.29 is 38.5 Å². The first-order valence-electron chi connectivity index (χ1n) is 13.3. The van der Waals surface area contributed by atoms with Crippen molar-refractivity contribution in [2.24, 2.45) is 5.92 Å². The molecular formula is C27H48O8. The fourth-order valence-electron chi connectivity index (χ4n) is 4.29. The minimum atomic E-state index is -2.68. The standard InChI is InChI=1S/C27H48O8/c1-5-6-7-8-9-10-11-12-13-14-15-16-17-18-19-20-22(28)24(25(30)34-3)27(32,26(31)35-4)21-23(29)33-2/h24,32H,5-21H2,1-4H3. The van der Waals surface area contributed by atoms with Gasteiger partial charge in [0.05, 0.1) is 27.8 Å². The van der Waals surface area contributed by atoms with E-state index in [4.69, 9.17) is 0 Å². The summed E-state index contributed by atoms with van der Waals surface area (Å²) < 4.78 is 13.7. The van der Waals surface area contributed by atoms with Crippen molar-refractivity contribution in [2.75, 3.05) is 21.3 Å². The van der Waals surface area contributed by atoms with Crippen LogP contribution >= 0.6 is 0 Å². The molecule has 0 fully saturated rings. The van der Waals surface area contributed by atoms with Gasteiger partial charge in [0.1, 0.15) is 0 Å². The Morgan fingerprint density at radius 1 is 0.657 bits per heavy atom. The van der Waals surface area contributed by atoms with Crippen LogP contribution in [0.25, 0.3) is 0 Å². The number of ether oxygens (including phenoxy) is 3. The summed E-state index contributed by atoms with van der Waals surface area (Å²) in [6.45, 7) is 2.24. The van der Waals surface area contributed by atoms with Gasteiger partial charge in [-0.25, -0.2) is 4.79 Å². The molecule has 0 spiro atoms. The molecule has 2 unspecified atom stereocenters. The monoisotopic (exact) mass is 500 g/mol. The average molecular weight is 501 g/mol. The predicted octanol–water partition coefficient (Wildman–Crippen LogP) is 5.07. The number of carbonyl (C=O) groups excluding carboxylic acids is 4. The van der Waals surface area contributed by atoms with Crippen LogP contribution in [-0.2, 0) is 33.4 Å². The SMILES string of the molecule is CCCCCCCCCCCCCCCCCC(=O)C(C(=O)OC)C(O)(CC(=O)OC)C(=O)OC. The number of rotatable bonds is 22. The topological polar surface area (TPSA) is 116 Å². The Balaban J connectivity index is 4.32. The normalized spacial score (nSPS) is 13.5. The van der Waals surface area contributed by atoms with Crippen LogP contribution in [0.5, 0.6) is 0 Å². The van der Waals surface area contributed by atoms with Crippen molar-refractivity contribution in [1.29, 1.82) is 0 Å². The number of hydrogen-bond donors (Lipinski definition) is 1. The lowest BCUT2D eigenvalue weighted by Crippen LogP contribution is -2.54. The maximum absolute atomic E-state index is 12.8. The van der Waals surface area contributed by atoms with Gasteiger partial charge < -0.3 is 19.3 Å². The van der Waals surface area contributed by atoms with Crippen LogP contribution in [-0.4, -0.2) is 55.7 Å². The molecule has 0 aliphatic heterocycles. The van der Waals surface area contributed by atoms with E-state index in [9.17, 15) is 24.3 Å². The van der Waals surface area contributed by atoms with Crippen molar-refractivity contribution >= 4 is 23.7 Å². The maximum atomic E-state index is 12.8. The zero-order valence-corrected chi connectivity index (χ0v) is 22.4. The molecule has 0 heterocycles. The van der Waals surface area contributed by atoms with Gasteiger partial charge >= 0.3 is 17.9 Å². The van der Waals surface area contributed by atoms with Gasteiger partial charge in [0.15, 0.2) is 17.3 Å². The Bertz CT molecular complexity index is 618. The summed E-state index contributed by atoms with van der Waals surface area (Å²) >= 11 is 0. The summed E-state index contributed by atoms with van der Waals surface area (Å²) in [6, 6.07) is 0. The summed E-state index contributed by atoms with van der Waals surface area (Å²) in [4.78, 5) is 49.0. The summed E-state index contributed by atoms with van der Waals surface area (Å²) in [5.41, 5.74) is -2.68. The molecule has 0 aliphatic rings. The summed E-state index contributed by atoms with van der Waals surface area (Å²) in [5, 5.41) is 10.8. The lowest BCUT2D eigenvalue weighted by molar-refractivity contribution is -0.184. The minimum absolute atomic E-state index is 0.0154. The van der Waals surface area contributed by atoms with Gasteiger partial charge in [-0.1, -0.05) is 96.8 Å². The first-order chi connectivity index (χ1) is 16.8. The molecule has 0 bridgehead atoms. The Hall–Kier alpha value is -1.96. The van der Waals surface area contributed by atoms with Crippen molar-refractivity contribution in [3.8, 4) is 0 Å². The molecular weight excluding hydrogens is 452 g/mol. The quantitative estimate of drug-likeness (QED) is 0.0947. The molecule has 0 aromatic carbocycles. The van der Waals surface area contributed by atoms with E-state index in [0.29, 0.717) is 6.42 Å². The van der Waals surface area contributed by atoms with E-state index in [1.54, 1.807) is 0 Å². The third kappa shape index (κ3) is 13.6. The molecule has 35 heavy (non-hydrogen) atoms. The van der Waals surface area contributed by atoms with Crippen molar-refractivity contribution in [2.45, 2.75) is 122 Å². The molecule has 8 heteroatoms. The Morgan fingerprint density at radius 2 is 1.09 bits per heavy atom. The Morgan fingerprint density at radius 3 is 1.46 bits per heavy atom. The predicted molar refractivity (Wildman–Crippen MR) is 134 cm³/mol. The number of methoxy groups -OCH3 is 3. The second-order valence-corrected chi connectivity index (χ2v) is 9.29. The number of hydrogen-bond acceptors (Lipinski definition) is 8. The van der Waals surface area contributed by atoms with Crippen LogP contribution in [0.15, 0.2) is 0 Å². The molecule has 204 valence electrons. The van der Waals surface area contributed by atoms with Crippen LogP contribution in [0.4, 0.5) is 0 Å². The average Bonchev–Trinajstić information content (AvgIpc) is 2.85. The zero-order valence-electron chi connectivity index (χ0n) is 22.4. The van der Waals surface area contributed by atoms with Gasteiger partial charge in [-0.2, -0.15) is 0 Å². The molecule has 0 amide bonds. The minimum Gasteiger partial charge on any atom is -0.469 e. The van der Waals surface area contributed by atoms with Gasteiger partial charge in [-0.15, -0.1) is 0 Å². The molecule has 0 aliphatic carbocycles. The molecule has 0 rings (SSSR count). The van der Waals surface area contributed by atoms with Crippen LogP contribution < -0.4 is 0 Å². The number of ketones is 1. The Labute approximate surface area is 211 Å². The van der Waals surface area contributed by atoms with E-state index < -0.39 is 41.6 Å². The summed E-state index contributed by atoms with van der Waals surface area (Å²) in [6.07, 6.45) is 16.8. The second kappa shape index (κ2) is 20.3. The lowest BCUT2D eigenvalue weighted by Gasteiger charge is -2.30. The summed E-state index contributed by atoms with van der Waals surface area (Å²) in [7, 11) is 3.12. The summed E-state index contributed by atoms with van der Waals surface area (Å²) in [5.74, 6) is -5.82. The smallest absolute Gasteiger partial charge is 0.339 e. The molecule has 8 nitrogen and oxygen atoms in total. The fraction of sp³-hybridized carbons (Fsp3) is 0.852. The van der Waals surface area contributed by atoms with Crippen molar-refractivity contribution in [3.63, 3.8) is 0 Å². The van der Waals surface area contributed by atoms with Gasteiger partial charge in [-0.05, 0) is 6.42 Å². The molecule has 0 aromatic rings. The van der Waals surface area contributed by atoms with Gasteiger partial charge in [0.2, 0.25) is 0 Å². The third-order valence-electron chi connectivity index (χ3n) is 6.44. The highest BCUT2D eigenvalue weighted by atomic mass is 16.6. The number of esters is 3. The Kier molecular flexibility index (Phi) is 19.1. The van der Waals surface area contributed by atoms with Gasteiger partial charge in [-0.3, -0.25) is 14.4 Å². The zero-order chi connectivity index (χ0) is 26.5. The molecule has 1 N–H and O–H groups in total. The molecule has 0 saturated carbocycles.